The molecule has 0 aliphatic heterocycles. The van der Waals surface area contributed by atoms with Crippen LogP contribution in [0.3, 0.4) is 0 Å². The van der Waals surface area contributed by atoms with Gasteiger partial charge in [0.05, 0.1) is 12.7 Å². The first-order valence-corrected chi connectivity index (χ1v) is 11.0. The summed E-state index contributed by atoms with van der Waals surface area (Å²) in [5.74, 6) is 1.64. The Morgan fingerprint density at radius 2 is 2.04 bits per heavy atom. The van der Waals surface area contributed by atoms with Crippen molar-refractivity contribution in [3.8, 4) is 0 Å². The van der Waals surface area contributed by atoms with Crippen molar-refractivity contribution in [3.05, 3.63) is 11.6 Å². The number of hydrogen-bond acceptors (Lipinski definition) is 4. The second-order valence-electron chi connectivity index (χ2n) is 9.70. The van der Waals surface area contributed by atoms with Gasteiger partial charge in [-0.25, -0.2) is 0 Å². The molecule has 4 aliphatic carbocycles. The fourth-order valence-electron chi connectivity index (χ4n) is 7.44. The highest BCUT2D eigenvalue weighted by Crippen LogP contribution is 2.65. The summed E-state index contributed by atoms with van der Waals surface area (Å²) in [6.07, 6.45) is 11.5. The first-order valence-electron chi connectivity index (χ1n) is 11.0. The van der Waals surface area contributed by atoms with Crippen molar-refractivity contribution in [2.45, 2.75) is 84.3 Å². The molecule has 0 amide bonds. The van der Waals surface area contributed by atoms with E-state index in [2.05, 4.69) is 19.9 Å². The van der Waals surface area contributed by atoms with Crippen molar-refractivity contribution < 1.29 is 19.4 Å². The number of aliphatic hydroxyl groups is 1. The van der Waals surface area contributed by atoms with Crippen LogP contribution in [0.2, 0.25) is 0 Å². The van der Waals surface area contributed by atoms with Crippen LogP contribution in [-0.4, -0.2) is 36.5 Å². The van der Waals surface area contributed by atoms with Crippen LogP contribution in [0.15, 0.2) is 11.6 Å². The molecular weight excluding hydrogens is 340 g/mol. The van der Waals surface area contributed by atoms with Crippen molar-refractivity contribution >= 4 is 5.97 Å². The number of fused-ring (bicyclic) bond motifs is 5. The third kappa shape index (κ3) is 2.98. The molecule has 4 rings (SSSR count). The average Bonchev–Trinajstić information content (AvgIpc) is 2.97. The van der Waals surface area contributed by atoms with Crippen LogP contribution >= 0.6 is 0 Å². The second-order valence-corrected chi connectivity index (χ2v) is 9.70. The molecule has 0 aromatic heterocycles. The summed E-state index contributed by atoms with van der Waals surface area (Å²) in [6, 6.07) is 0. The summed E-state index contributed by atoms with van der Waals surface area (Å²) in [5, 5.41) is 10.6. The summed E-state index contributed by atoms with van der Waals surface area (Å²) in [6.45, 7) is 7.01. The maximum absolute atomic E-state index is 11.6. The van der Waals surface area contributed by atoms with Gasteiger partial charge in [0.15, 0.2) is 0 Å². The fraction of sp³-hybridized carbons (Fsp3) is 0.870. The van der Waals surface area contributed by atoms with Crippen LogP contribution in [0.25, 0.3) is 0 Å². The summed E-state index contributed by atoms with van der Waals surface area (Å²) in [7, 11) is 0. The van der Waals surface area contributed by atoms with Gasteiger partial charge in [0.25, 0.3) is 0 Å². The lowest BCUT2D eigenvalue weighted by Crippen LogP contribution is -2.53. The largest absolute Gasteiger partial charge is 0.462 e. The quantitative estimate of drug-likeness (QED) is 0.588. The van der Waals surface area contributed by atoms with E-state index in [9.17, 15) is 9.90 Å². The Balaban J connectivity index is 1.60. The highest BCUT2D eigenvalue weighted by atomic mass is 16.5. The van der Waals surface area contributed by atoms with Crippen molar-refractivity contribution in [1.82, 2.24) is 0 Å². The summed E-state index contributed by atoms with van der Waals surface area (Å²) in [5.41, 5.74) is 1.54. The Labute approximate surface area is 163 Å². The van der Waals surface area contributed by atoms with E-state index in [0.717, 1.165) is 58.0 Å². The van der Waals surface area contributed by atoms with Gasteiger partial charge in [-0.1, -0.05) is 18.6 Å². The van der Waals surface area contributed by atoms with Crippen molar-refractivity contribution in [3.63, 3.8) is 0 Å². The van der Waals surface area contributed by atoms with Crippen molar-refractivity contribution in [2.75, 3.05) is 13.2 Å². The molecule has 0 bridgehead atoms. The SMILES string of the molecule is CCO[C@H]1CC[C@@]2(CO)C(=CC[C@@H]3[C@@H]2CC[C@]2(C)[C@@H](OC(C)=O)CC[C@@H]32)C1. The molecule has 4 nitrogen and oxygen atoms in total. The Bertz CT molecular complexity index is 613. The van der Waals surface area contributed by atoms with E-state index in [1.165, 1.54) is 12.5 Å². The minimum absolute atomic E-state index is 0.0304. The monoisotopic (exact) mass is 376 g/mol. The lowest BCUT2D eigenvalue weighted by molar-refractivity contribution is -0.157. The van der Waals surface area contributed by atoms with Gasteiger partial charge in [-0.05, 0) is 76.0 Å². The van der Waals surface area contributed by atoms with Crippen molar-refractivity contribution in [1.29, 1.82) is 0 Å². The van der Waals surface area contributed by atoms with Gasteiger partial charge in [0.2, 0.25) is 0 Å². The summed E-state index contributed by atoms with van der Waals surface area (Å²) >= 11 is 0. The van der Waals surface area contributed by atoms with E-state index >= 15 is 0 Å². The molecule has 7 atom stereocenters. The first-order chi connectivity index (χ1) is 12.9. The van der Waals surface area contributed by atoms with Gasteiger partial charge >= 0.3 is 5.97 Å². The predicted molar refractivity (Wildman–Crippen MR) is 104 cm³/mol. The second kappa shape index (κ2) is 7.18. The number of esters is 1. The molecule has 0 saturated heterocycles. The number of aliphatic hydroxyl groups excluding tert-OH is 1. The Morgan fingerprint density at radius 3 is 2.74 bits per heavy atom. The number of carbonyl (C=O) groups is 1. The third-order valence-electron chi connectivity index (χ3n) is 8.69. The van der Waals surface area contributed by atoms with E-state index < -0.39 is 0 Å². The maximum atomic E-state index is 11.6. The van der Waals surface area contributed by atoms with Gasteiger partial charge in [0.1, 0.15) is 6.10 Å². The predicted octanol–water partition coefficient (Wildman–Crippen LogP) is 4.26. The molecule has 4 aliphatic rings. The zero-order valence-electron chi connectivity index (χ0n) is 17.2. The molecule has 27 heavy (non-hydrogen) atoms. The van der Waals surface area contributed by atoms with E-state index in [1.807, 2.05) is 0 Å². The van der Waals surface area contributed by atoms with Gasteiger partial charge in [-0.3, -0.25) is 4.79 Å². The van der Waals surface area contributed by atoms with E-state index in [1.54, 1.807) is 0 Å². The van der Waals surface area contributed by atoms with Crippen LogP contribution in [0, 0.1) is 28.6 Å². The van der Waals surface area contributed by atoms with E-state index in [4.69, 9.17) is 9.47 Å². The molecular formula is C23H36O4. The summed E-state index contributed by atoms with van der Waals surface area (Å²) in [4.78, 5) is 11.6. The van der Waals surface area contributed by atoms with Crippen LogP contribution < -0.4 is 0 Å². The Morgan fingerprint density at radius 1 is 1.22 bits per heavy atom. The molecule has 152 valence electrons. The molecule has 3 fully saturated rings. The van der Waals surface area contributed by atoms with Gasteiger partial charge in [-0.2, -0.15) is 0 Å². The van der Waals surface area contributed by atoms with E-state index in [-0.39, 0.29) is 29.5 Å². The van der Waals surface area contributed by atoms with Gasteiger partial charge < -0.3 is 14.6 Å². The minimum Gasteiger partial charge on any atom is -0.462 e. The molecule has 0 aromatic rings. The standard InChI is InChI=1S/C23H36O4/c1-4-26-17-9-12-23(14-24)16(13-17)5-6-18-19-7-8-21(27-15(2)25)22(19,3)11-10-20(18)23/h5,17-21,24H,4,6-14H2,1-3H3/t17-,18-,19-,20-,21-,22-,23+/m0/s1. The van der Waals surface area contributed by atoms with Crippen LogP contribution in [0.5, 0.6) is 0 Å². The number of rotatable bonds is 4. The molecule has 0 aromatic carbocycles. The maximum Gasteiger partial charge on any atom is 0.302 e. The highest BCUT2D eigenvalue weighted by molar-refractivity contribution is 5.66. The van der Waals surface area contributed by atoms with Crippen LogP contribution in [0.4, 0.5) is 0 Å². The normalized spacial score (nSPS) is 46.1. The minimum atomic E-state index is -0.143. The number of allylic oxidation sites excluding steroid dienone is 1. The number of ether oxygens (including phenoxy) is 2. The Kier molecular flexibility index (Phi) is 5.17. The zero-order valence-corrected chi connectivity index (χ0v) is 17.2. The molecule has 0 unspecified atom stereocenters. The van der Waals surface area contributed by atoms with Crippen LogP contribution in [-0.2, 0) is 14.3 Å². The topological polar surface area (TPSA) is 55.8 Å². The molecule has 0 spiro atoms. The Hall–Kier alpha value is -0.870. The highest BCUT2D eigenvalue weighted by Gasteiger charge is 2.60. The van der Waals surface area contributed by atoms with Gasteiger partial charge in [-0.15, -0.1) is 0 Å². The third-order valence-corrected chi connectivity index (χ3v) is 8.69. The van der Waals surface area contributed by atoms with Crippen LogP contribution in [0.1, 0.15) is 72.1 Å². The van der Waals surface area contributed by atoms with Crippen molar-refractivity contribution in [2.24, 2.45) is 28.6 Å². The number of hydrogen-bond donors (Lipinski definition) is 1. The molecule has 0 heterocycles. The molecule has 4 heteroatoms. The fourth-order valence-corrected chi connectivity index (χ4v) is 7.44. The smallest absolute Gasteiger partial charge is 0.302 e. The number of carbonyl (C=O) groups excluding carboxylic acids is 1. The first kappa shape index (κ1) is 19.4. The molecule has 0 radical (unpaired) electrons. The lowest BCUT2D eigenvalue weighted by atomic mass is 9.47. The zero-order chi connectivity index (χ0) is 19.2. The van der Waals surface area contributed by atoms with Gasteiger partial charge in [0, 0.05) is 24.4 Å². The van der Waals surface area contributed by atoms with E-state index in [0.29, 0.717) is 23.9 Å². The lowest BCUT2D eigenvalue weighted by Gasteiger charge is -2.58. The average molecular weight is 377 g/mol. The summed E-state index contributed by atoms with van der Waals surface area (Å²) < 4.78 is 11.7. The molecule has 1 N–H and O–H groups in total. The molecule has 3 saturated carbocycles.